The van der Waals surface area contributed by atoms with Gasteiger partial charge in [0.15, 0.2) is 0 Å². The van der Waals surface area contributed by atoms with Crippen molar-refractivity contribution in [1.82, 2.24) is 14.9 Å². The van der Waals surface area contributed by atoms with E-state index < -0.39 is 0 Å². The van der Waals surface area contributed by atoms with Gasteiger partial charge in [0.25, 0.3) is 5.91 Å². The molecule has 3 heterocycles. The molecule has 1 fully saturated rings. The quantitative estimate of drug-likeness (QED) is 0.240. The van der Waals surface area contributed by atoms with Crippen LogP contribution in [0.4, 0.5) is 17.1 Å². The number of rotatable bonds is 5. The fraction of sp³-hybridized carbons (Fsp3) is 0.241. The number of hydrogen-bond donors (Lipinski definition) is 4. The van der Waals surface area contributed by atoms with Crippen LogP contribution in [0.15, 0.2) is 66.7 Å². The van der Waals surface area contributed by atoms with E-state index in [1.54, 1.807) is 0 Å². The number of hydrogen-bond acceptors (Lipinski definition) is 5. The van der Waals surface area contributed by atoms with E-state index in [1.807, 2.05) is 54.6 Å². The Balaban J connectivity index is 1.46. The number of anilines is 3. The summed E-state index contributed by atoms with van der Waals surface area (Å²) in [5, 5.41) is 6.76. The average molecular weight is 479 g/mol. The molecular formula is C29H30N6O. The largest absolute Gasteiger partial charge is 0.399 e. The van der Waals surface area contributed by atoms with Crippen molar-refractivity contribution >= 4 is 45.1 Å². The number of carbonyl (C=O) groups is 1. The standard InChI is InChI=1S/C29H30N6O/c1-2-35-14-12-20(13-15-35)31-21-10-11-23-22(17-21)27(29(36)34-23)26(18-6-5-7-19(30)16-18)28-32-24-8-3-4-9-25(24)33-28/h3-11,16-17,20,31H,2,12-15,30H2,1H3,(H,32,33)(H,34,36)/b27-26-. The molecule has 0 spiro atoms. The van der Waals surface area contributed by atoms with E-state index >= 15 is 0 Å². The number of nitrogens with two attached hydrogens (primary N) is 1. The summed E-state index contributed by atoms with van der Waals surface area (Å²) >= 11 is 0. The highest BCUT2D eigenvalue weighted by Gasteiger charge is 2.31. The summed E-state index contributed by atoms with van der Waals surface area (Å²) in [4.78, 5) is 24.2. The second-order valence-corrected chi connectivity index (χ2v) is 9.55. The third kappa shape index (κ3) is 4.12. The molecule has 0 radical (unpaired) electrons. The summed E-state index contributed by atoms with van der Waals surface area (Å²) in [6.45, 7) is 5.53. The Morgan fingerprint density at radius 3 is 2.69 bits per heavy atom. The summed E-state index contributed by atoms with van der Waals surface area (Å²) in [6.07, 6.45) is 2.22. The zero-order valence-corrected chi connectivity index (χ0v) is 20.3. The van der Waals surface area contributed by atoms with Crippen LogP contribution >= 0.6 is 0 Å². The molecule has 3 aromatic carbocycles. The first kappa shape index (κ1) is 22.4. The fourth-order valence-corrected chi connectivity index (χ4v) is 5.30. The molecule has 1 amide bonds. The lowest BCUT2D eigenvalue weighted by Gasteiger charge is -2.32. The smallest absolute Gasteiger partial charge is 0.257 e. The van der Waals surface area contributed by atoms with Gasteiger partial charge < -0.3 is 26.3 Å². The number of fused-ring (bicyclic) bond motifs is 2. The number of benzene rings is 3. The molecule has 182 valence electrons. The number of imidazole rings is 1. The van der Waals surface area contributed by atoms with Gasteiger partial charge in [-0.3, -0.25) is 4.79 Å². The van der Waals surface area contributed by atoms with Crippen molar-refractivity contribution in [3.05, 3.63) is 83.7 Å². The van der Waals surface area contributed by atoms with Crippen LogP contribution < -0.4 is 16.4 Å². The highest BCUT2D eigenvalue weighted by Crippen LogP contribution is 2.41. The third-order valence-corrected chi connectivity index (χ3v) is 7.22. The minimum atomic E-state index is -0.142. The lowest BCUT2D eigenvalue weighted by molar-refractivity contribution is -0.110. The fourth-order valence-electron chi connectivity index (χ4n) is 5.30. The van der Waals surface area contributed by atoms with Crippen molar-refractivity contribution in [2.45, 2.75) is 25.8 Å². The number of likely N-dealkylation sites (tertiary alicyclic amines) is 1. The number of nitrogens with zero attached hydrogens (tertiary/aromatic N) is 2. The Bertz CT molecular complexity index is 1450. The molecule has 0 bridgehead atoms. The Hall–Kier alpha value is -4.10. The number of H-pyrrole nitrogens is 1. The van der Waals surface area contributed by atoms with Crippen molar-refractivity contribution in [3.63, 3.8) is 0 Å². The van der Waals surface area contributed by atoms with Crippen LogP contribution in [-0.4, -0.2) is 46.5 Å². The first-order chi connectivity index (χ1) is 17.6. The minimum Gasteiger partial charge on any atom is -0.399 e. The number of carbonyl (C=O) groups excluding carboxylic acids is 1. The van der Waals surface area contributed by atoms with Gasteiger partial charge in [0.2, 0.25) is 0 Å². The van der Waals surface area contributed by atoms with Crippen molar-refractivity contribution in [1.29, 1.82) is 0 Å². The molecule has 1 aromatic heterocycles. The molecule has 2 aliphatic heterocycles. The summed E-state index contributed by atoms with van der Waals surface area (Å²) < 4.78 is 0. The van der Waals surface area contributed by atoms with Crippen molar-refractivity contribution in [2.24, 2.45) is 0 Å². The third-order valence-electron chi connectivity index (χ3n) is 7.22. The van der Waals surface area contributed by atoms with E-state index in [-0.39, 0.29) is 5.91 Å². The van der Waals surface area contributed by atoms with Crippen molar-refractivity contribution in [3.8, 4) is 0 Å². The molecule has 2 aliphatic rings. The topological polar surface area (TPSA) is 99.1 Å². The maximum atomic E-state index is 13.4. The van der Waals surface area contributed by atoms with Crippen LogP contribution in [0.1, 0.15) is 36.7 Å². The van der Waals surface area contributed by atoms with Crippen LogP contribution in [0.25, 0.3) is 22.2 Å². The van der Waals surface area contributed by atoms with E-state index in [1.165, 1.54) is 0 Å². The van der Waals surface area contributed by atoms with Gasteiger partial charge in [-0.05, 0) is 67.4 Å². The Morgan fingerprint density at radius 1 is 1.08 bits per heavy atom. The number of nitrogens with one attached hydrogen (secondary N) is 3. The lowest BCUT2D eigenvalue weighted by Crippen LogP contribution is -2.38. The molecule has 0 saturated carbocycles. The highest BCUT2D eigenvalue weighted by atomic mass is 16.2. The molecule has 6 rings (SSSR count). The number of para-hydroxylation sites is 2. The maximum Gasteiger partial charge on any atom is 0.257 e. The second kappa shape index (κ2) is 9.17. The van der Waals surface area contributed by atoms with E-state index in [0.717, 1.165) is 71.6 Å². The Labute approximate surface area is 210 Å². The first-order valence-electron chi connectivity index (χ1n) is 12.6. The normalized spacial score (nSPS) is 17.8. The molecule has 1 saturated heterocycles. The molecular weight excluding hydrogens is 448 g/mol. The van der Waals surface area contributed by atoms with Gasteiger partial charge in [-0.2, -0.15) is 0 Å². The minimum absolute atomic E-state index is 0.142. The van der Waals surface area contributed by atoms with E-state index in [2.05, 4.69) is 39.6 Å². The molecule has 5 N–H and O–H groups in total. The second-order valence-electron chi connectivity index (χ2n) is 9.55. The number of nitrogen functional groups attached to an aromatic ring is 1. The van der Waals surface area contributed by atoms with Crippen LogP contribution in [0.2, 0.25) is 0 Å². The molecule has 36 heavy (non-hydrogen) atoms. The Morgan fingerprint density at radius 2 is 1.92 bits per heavy atom. The Kier molecular flexibility index (Phi) is 5.70. The number of aromatic nitrogens is 2. The average Bonchev–Trinajstić information content (AvgIpc) is 3.46. The molecule has 4 aromatic rings. The van der Waals surface area contributed by atoms with Crippen LogP contribution in [0.5, 0.6) is 0 Å². The molecule has 7 heteroatoms. The SMILES string of the molecule is CCN1CCC(Nc2ccc3c(c2)/C(=C(\c2cccc(N)c2)c2nc4ccccc4[nH]2)C(=O)N3)CC1. The van der Waals surface area contributed by atoms with Crippen LogP contribution in [0, 0.1) is 0 Å². The first-order valence-corrected chi connectivity index (χ1v) is 12.6. The van der Waals surface area contributed by atoms with Gasteiger partial charge in [-0.15, -0.1) is 0 Å². The summed E-state index contributed by atoms with van der Waals surface area (Å²) in [5.74, 6) is 0.501. The van der Waals surface area contributed by atoms with Crippen molar-refractivity contribution < 1.29 is 4.79 Å². The van der Waals surface area contributed by atoms with Gasteiger partial charge in [0.05, 0.1) is 16.6 Å². The molecule has 0 unspecified atom stereocenters. The summed E-state index contributed by atoms with van der Waals surface area (Å²) in [6, 6.07) is 22.0. The van der Waals surface area contributed by atoms with Crippen LogP contribution in [0.3, 0.4) is 0 Å². The summed E-state index contributed by atoms with van der Waals surface area (Å²) in [7, 11) is 0. The molecule has 7 nitrogen and oxygen atoms in total. The molecule has 0 atom stereocenters. The number of amides is 1. The van der Waals surface area contributed by atoms with Gasteiger partial charge in [-0.25, -0.2) is 4.98 Å². The predicted molar refractivity (Wildman–Crippen MR) is 147 cm³/mol. The number of aromatic amines is 1. The highest BCUT2D eigenvalue weighted by molar-refractivity contribution is 6.38. The van der Waals surface area contributed by atoms with Gasteiger partial charge in [-0.1, -0.05) is 31.2 Å². The number of piperidine rings is 1. The van der Waals surface area contributed by atoms with E-state index in [9.17, 15) is 4.79 Å². The van der Waals surface area contributed by atoms with E-state index in [4.69, 9.17) is 10.7 Å². The monoisotopic (exact) mass is 478 g/mol. The zero-order chi connectivity index (χ0) is 24.6. The van der Waals surface area contributed by atoms with Gasteiger partial charge in [0, 0.05) is 47.3 Å². The van der Waals surface area contributed by atoms with Crippen molar-refractivity contribution in [2.75, 3.05) is 36.0 Å². The lowest BCUT2D eigenvalue weighted by atomic mass is 9.94. The zero-order valence-electron chi connectivity index (χ0n) is 20.3. The predicted octanol–water partition coefficient (Wildman–Crippen LogP) is 4.95. The van der Waals surface area contributed by atoms with Gasteiger partial charge in [0.1, 0.15) is 5.82 Å². The van der Waals surface area contributed by atoms with Gasteiger partial charge >= 0.3 is 0 Å². The van der Waals surface area contributed by atoms with E-state index in [0.29, 0.717) is 23.1 Å². The van der Waals surface area contributed by atoms with Crippen LogP contribution in [-0.2, 0) is 4.79 Å². The molecule has 0 aliphatic carbocycles. The maximum absolute atomic E-state index is 13.4. The summed E-state index contributed by atoms with van der Waals surface area (Å²) in [5.41, 5.74) is 13.4.